The highest BCUT2D eigenvalue weighted by molar-refractivity contribution is 7.73. The lowest BCUT2D eigenvalue weighted by molar-refractivity contribution is 1.10. The minimum Gasteiger partial charge on any atom is -0.153 e. The first-order valence-electron chi connectivity index (χ1n) is 5.79. The second kappa shape index (κ2) is 7.59. The van der Waals surface area contributed by atoms with Crippen molar-refractivity contribution in [3.63, 3.8) is 0 Å². The molecule has 2 heteroatoms. The summed E-state index contributed by atoms with van der Waals surface area (Å²) in [6.45, 7) is 2.27. The largest absolute Gasteiger partial charge is 0.153 e. The molecule has 0 spiro atoms. The van der Waals surface area contributed by atoms with Crippen molar-refractivity contribution in [1.82, 2.24) is 0 Å². The molecule has 17 heavy (non-hydrogen) atoms. The van der Waals surface area contributed by atoms with Crippen LogP contribution in [0, 0.1) is 0 Å². The minimum absolute atomic E-state index is 0. The molecule has 90 valence electrons. The Morgan fingerprint density at radius 1 is 0.765 bits per heavy atom. The van der Waals surface area contributed by atoms with E-state index in [1.54, 1.807) is 0 Å². The average molecular weight is 262 g/mol. The third kappa shape index (κ3) is 3.91. The van der Waals surface area contributed by atoms with Crippen LogP contribution in [0.1, 0.15) is 13.3 Å². The number of hydrogen-bond donors (Lipinski definition) is 0. The van der Waals surface area contributed by atoms with Gasteiger partial charge in [-0.2, -0.15) is 9.90 Å². The maximum absolute atomic E-state index is 2.27. The minimum atomic E-state index is -0.151. The summed E-state index contributed by atoms with van der Waals surface area (Å²) >= 11 is 0. The van der Waals surface area contributed by atoms with Gasteiger partial charge in [-0.25, -0.2) is 0 Å². The predicted molar refractivity (Wildman–Crippen MR) is 85.3 cm³/mol. The maximum Gasteiger partial charge on any atom is -0.0195 e. The summed E-state index contributed by atoms with van der Waals surface area (Å²) in [4.78, 5) is 0. The summed E-state index contributed by atoms with van der Waals surface area (Å²) in [6.07, 6.45) is 2.53. The first-order valence-corrected chi connectivity index (χ1v) is 7.32. The molecule has 0 nitrogen and oxygen atoms in total. The van der Waals surface area contributed by atoms with Crippen LogP contribution in [0.25, 0.3) is 0 Å². The SMILES string of the molecule is CCCP(c1ccccc1)c1ccccc1.P. The van der Waals surface area contributed by atoms with E-state index >= 15 is 0 Å². The molecule has 2 aromatic rings. The molecular formula is C15H20P2. The van der Waals surface area contributed by atoms with Crippen molar-refractivity contribution in [1.29, 1.82) is 0 Å². The number of rotatable bonds is 4. The molecule has 0 aliphatic carbocycles. The van der Waals surface area contributed by atoms with Crippen molar-refractivity contribution in [2.45, 2.75) is 13.3 Å². The van der Waals surface area contributed by atoms with Gasteiger partial charge in [0.1, 0.15) is 0 Å². The van der Waals surface area contributed by atoms with Crippen LogP contribution in [0.4, 0.5) is 0 Å². The van der Waals surface area contributed by atoms with Gasteiger partial charge in [0.2, 0.25) is 0 Å². The lowest BCUT2D eigenvalue weighted by Crippen LogP contribution is -2.13. The highest BCUT2D eigenvalue weighted by atomic mass is 31.1. The van der Waals surface area contributed by atoms with Crippen LogP contribution in [0.3, 0.4) is 0 Å². The van der Waals surface area contributed by atoms with E-state index in [2.05, 4.69) is 67.6 Å². The van der Waals surface area contributed by atoms with Crippen molar-refractivity contribution < 1.29 is 0 Å². The van der Waals surface area contributed by atoms with E-state index in [0.29, 0.717) is 0 Å². The Morgan fingerprint density at radius 2 is 1.18 bits per heavy atom. The molecule has 0 saturated carbocycles. The van der Waals surface area contributed by atoms with Gasteiger partial charge in [-0.3, -0.25) is 0 Å². The van der Waals surface area contributed by atoms with Gasteiger partial charge in [-0.05, 0) is 24.7 Å². The van der Waals surface area contributed by atoms with Gasteiger partial charge in [0, 0.05) is 0 Å². The molecule has 0 amide bonds. The first kappa shape index (κ1) is 14.4. The lowest BCUT2D eigenvalue weighted by Gasteiger charge is -2.17. The van der Waals surface area contributed by atoms with E-state index in [1.165, 1.54) is 23.2 Å². The molecule has 0 bridgehead atoms. The van der Waals surface area contributed by atoms with Crippen LogP contribution in [0.2, 0.25) is 0 Å². The Balaban J connectivity index is 0.00000144. The zero-order valence-electron chi connectivity index (χ0n) is 10.3. The molecule has 0 saturated heterocycles. The monoisotopic (exact) mass is 262 g/mol. The zero-order valence-corrected chi connectivity index (χ0v) is 12.7. The van der Waals surface area contributed by atoms with Gasteiger partial charge >= 0.3 is 0 Å². The summed E-state index contributed by atoms with van der Waals surface area (Å²) in [5, 5.41) is 2.98. The molecule has 0 radical (unpaired) electrons. The molecule has 1 unspecified atom stereocenters. The van der Waals surface area contributed by atoms with E-state index in [0.717, 1.165) is 0 Å². The summed E-state index contributed by atoms with van der Waals surface area (Å²) in [6, 6.07) is 21.8. The average Bonchev–Trinajstić information content (AvgIpc) is 2.38. The van der Waals surface area contributed by atoms with E-state index in [9.17, 15) is 0 Å². The third-order valence-electron chi connectivity index (χ3n) is 2.58. The van der Waals surface area contributed by atoms with Crippen LogP contribution < -0.4 is 10.6 Å². The highest BCUT2D eigenvalue weighted by Gasteiger charge is 2.11. The fourth-order valence-corrected chi connectivity index (χ4v) is 4.17. The first-order chi connectivity index (χ1) is 7.92. The van der Waals surface area contributed by atoms with Crippen LogP contribution >= 0.6 is 17.8 Å². The fraction of sp³-hybridized carbons (Fsp3) is 0.200. The highest BCUT2D eigenvalue weighted by Crippen LogP contribution is 2.33. The Bertz CT molecular complexity index is 372. The van der Waals surface area contributed by atoms with Crippen LogP contribution in [-0.4, -0.2) is 6.16 Å². The van der Waals surface area contributed by atoms with Gasteiger partial charge in [0.05, 0.1) is 0 Å². The van der Waals surface area contributed by atoms with Gasteiger partial charge in [0.15, 0.2) is 0 Å². The predicted octanol–water partition coefficient (Wildman–Crippen LogP) is 3.59. The number of hydrogen-bond acceptors (Lipinski definition) is 0. The van der Waals surface area contributed by atoms with E-state index in [4.69, 9.17) is 0 Å². The molecule has 0 fully saturated rings. The smallest absolute Gasteiger partial charge is 0.0195 e. The molecule has 1 atom stereocenters. The molecule has 0 aromatic heterocycles. The molecule has 2 rings (SSSR count). The van der Waals surface area contributed by atoms with Gasteiger partial charge in [0.25, 0.3) is 0 Å². The third-order valence-corrected chi connectivity index (χ3v) is 5.32. The van der Waals surface area contributed by atoms with Crippen LogP contribution in [0.5, 0.6) is 0 Å². The molecule has 0 N–H and O–H groups in total. The Hall–Kier alpha value is -0.700. The molecular weight excluding hydrogens is 242 g/mol. The summed E-state index contributed by atoms with van der Waals surface area (Å²) in [5.41, 5.74) is 0. The quantitative estimate of drug-likeness (QED) is 0.739. The van der Waals surface area contributed by atoms with Gasteiger partial charge < -0.3 is 0 Å². The fourth-order valence-electron chi connectivity index (χ4n) is 1.85. The van der Waals surface area contributed by atoms with Crippen molar-refractivity contribution in [3.05, 3.63) is 60.7 Å². The molecule has 0 aliphatic rings. The van der Waals surface area contributed by atoms with E-state index in [1.807, 2.05) is 0 Å². The van der Waals surface area contributed by atoms with Gasteiger partial charge in [-0.1, -0.05) is 74.0 Å². The standard InChI is InChI=1S/C15H17P.H3P/c1-2-13-16(14-9-5-3-6-10-14)15-11-7-4-8-12-15;/h3-12H,2,13H2,1H3;1H3. The maximum atomic E-state index is 2.27. The summed E-state index contributed by atoms with van der Waals surface area (Å²) in [5.74, 6) is 0. The van der Waals surface area contributed by atoms with Gasteiger partial charge in [-0.15, -0.1) is 0 Å². The summed E-state index contributed by atoms with van der Waals surface area (Å²) < 4.78 is 0. The van der Waals surface area contributed by atoms with Crippen molar-refractivity contribution in [2.75, 3.05) is 6.16 Å². The second-order valence-electron chi connectivity index (χ2n) is 3.82. The van der Waals surface area contributed by atoms with Crippen molar-refractivity contribution in [2.24, 2.45) is 0 Å². The Labute approximate surface area is 109 Å². The summed E-state index contributed by atoms with van der Waals surface area (Å²) in [7, 11) is -0.151. The second-order valence-corrected chi connectivity index (χ2v) is 6.16. The number of benzene rings is 2. The lowest BCUT2D eigenvalue weighted by atomic mass is 10.4. The van der Waals surface area contributed by atoms with Crippen molar-refractivity contribution >= 4 is 28.4 Å². The van der Waals surface area contributed by atoms with Crippen LogP contribution in [-0.2, 0) is 0 Å². The van der Waals surface area contributed by atoms with E-state index in [-0.39, 0.29) is 17.8 Å². The molecule has 0 aliphatic heterocycles. The topological polar surface area (TPSA) is 0 Å². The van der Waals surface area contributed by atoms with Crippen LogP contribution in [0.15, 0.2) is 60.7 Å². The Morgan fingerprint density at radius 3 is 1.53 bits per heavy atom. The van der Waals surface area contributed by atoms with E-state index < -0.39 is 0 Å². The Kier molecular flexibility index (Phi) is 6.41. The zero-order chi connectivity index (χ0) is 11.2. The molecule has 2 aromatic carbocycles. The normalized spacial score (nSPS) is 10.0. The van der Waals surface area contributed by atoms with Crippen molar-refractivity contribution in [3.8, 4) is 0 Å². The molecule has 0 heterocycles.